The summed E-state index contributed by atoms with van der Waals surface area (Å²) < 4.78 is 17.2. The molecule has 3 saturated heterocycles. The molecule has 2 atom stereocenters. The SMILES string of the molecule is c1ccc2c(N3CCN4C[C@@H](COc5ccc(CN6CCOCC6)cc5)CC[C@H]4C3)noc2c1. The topological polar surface area (TPSA) is 54.2 Å². The van der Waals surface area contributed by atoms with E-state index < -0.39 is 0 Å². The molecular weight excluding hydrogens is 428 g/mol. The lowest BCUT2D eigenvalue weighted by Gasteiger charge is -2.46. The molecule has 3 fully saturated rings. The van der Waals surface area contributed by atoms with Crippen molar-refractivity contribution in [3.05, 3.63) is 54.1 Å². The number of ether oxygens (including phenoxy) is 2. The number of piperidine rings is 1. The van der Waals surface area contributed by atoms with Gasteiger partial charge in [0, 0.05) is 57.8 Å². The lowest BCUT2D eigenvalue weighted by Crippen LogP contribution is -2.57. The highest BCUT2D eigenvalue weighted by molar-refractivity contribution is 5.88. The van der Waals surface area contributed by atoms with E-state index in [0.29, 0.717) is 12.0 Å². The van der Waals surface area contributed by atoms with Crippen LogP contribution >= 0.6 is 0 Å². The second-order valence-electron chi connectivity index (χ2n) is 9.88. The molecule has 2 aromatic carbocycles. The highest BCUT2D eigenvalue weighted by Gasteiger charge is 2.34. The summed E-state index contributed by atoms with van der Waals surface area (Å²) in [6.45, 7) is 9.71. The maximum Gasteiger partial charge on any atom is 0.180 e. The monoisotopic (exact) mass is 462 g/mol. The van der Waals surface area contributed by atoms with E-state index in [1.165, 1.54) is 18.4 Å². The van der Waals surface area contributed by atoms with Crippen molar-refractivity contribution in [1.29, 1.82) is 0 Å². The van der Waals surface area contributed by atoms with Crippen molar-refractivity contribution in [1.82, 2.24) is 15.0 Å². The molecular formula is C27H34N4O3. The molecule has 0 amide bonds. The number of piperazine rings is 1. The lowest BCUT2D eigenvalue weighted by molar-refractivity contribution is 0.0342. The Labute approximate surface area is 201 Å². The minimum absolute atomic E-state index is 0.583. The summed E-state index contributed by atoms with van der Waals surface area (Å²) in [7, 11) is 0. The fourth-order valence-corrected chi connectivity index (χ4v) is 5.61. The molecule has 0 N–H and O–H groups in total. The van der Waals surface area contributed by atoms with Crippen LogP contribution < -0.4 is 9.64 Å². The van der Waals surface area contributed by atoms with E-state index in [4.69, 9.17) is 14.0 Å². The molecule has 4 heterocycles. The number of morpholine rings is 1. The third-order valence-corrected chi connectivity index (χ3v) is 7.58. The first-order chi connectivity index (χ1) is 16.8. The predicted octanol–water partition coefficient (Wildman–Crippen LogP) is 3.64. The van der Waals surface area contributed by atoms with Crippen LogP contribution in [0.2, 0.25) is 0 Å². The Kier molecular flexibility index (Phi) is 6.40. The van der Waals surface area contributed by atoms with Crippen molar-refractivity contribution in [3.8, 4) is 5.75 Å². The summed E-state index contributed by atoms with van der Waals surface area (Å²) in [5, 5.41) is 5.50. The smallest absolute Gasteiger partial charge is 0.180 e. The summed E-state index contributed by atoms with van der Waals surface area (Å²) >= 11 is 0. The molecule has 1 aromatic heterocycles. The van der Waals surface area contributed by atoms with Gasteiger partial charge >= 0.3 is 0 Å². The van der Waals surface area contributed by atoms with Gasteiger partial charge in [0.15, 0.2) is 11.4 Å². The summed E-state index contributed by atoms with van der Waals surface area (Å²) in [4.78, 5) is 7.51. The van der Waals surface area contributed by atoms with Gasteiger partial charge in [0.2, 0.25) is 0 Å². The Morgan fingerprint density at radius 1 is 0.912 bits per heavy atom. The van der Waals surface area contributed by atoms with Gasteiger partial charge in [0.25, 0.3) is 0 Å². The normalized spacial score (nSPS) is 24.3. The average Bonchev–Trinajstić information content (AvgIpc) is 3.33. The highest BCUT2D eigenvalue weighted by atomic mass is 16.5. The van der Waals surface area contributed by atoms with Gasteiger partial charge in [-0.25, -0.2) is 0 Å². The molecule has 3 aliphatic rings. The van der Waals surface area contributed by atoms with Gasteiger partial charge in [0.1, 0.15) is 5.75 Å². The van der Waals surface area contributed by atoms with Crippen LogP contribution in [-0.4, -0.2) is 80.1 Å². The average molecular weight is 463 g/mol. The number of nitrogens with zero attached hydrogens (tertiary/aromatic N) is 4. The Morgan fingerprint density at radius 2 is 1.76 bits per heavy atom. The van der Waals surface area contributed by atoms with Crippen LogP contribution in [0.4, 0.5) is 5.82 Å². The van der Waals surface area contributed by atoms with Crippen molar-refractivity contribution in [2.75, 3.05) is 64.0 Å². The molecule has 180 valence electrons. The number of rotatable bonds is 6. The maximum atomic E-state index is 6.21. The summed E-state index contributed by atoms with van der Waals surface area (Å²) in [5.41, 5.74) is 2.21. The number of fused-ring (bicyclic) bond motifs is 2. The quantitative estimate of drug-likeness (QED) is 0.554. The minimum atomic E-state index is 0.583. The number of aromatic nitrogens is 1. The van der Waals surface area contributed by atoms with Crippen molar-refractivity contribution in [2.45, 2.75) is 25.4 Å². The number of hydrogen-bond acceptors (Lipinski definition) is 7. The molecule has 6 rings (SSSR count). The number of hydrogen-bond donors (Lipinski definition) is 0. The molecule has 0 saturated carbocycles. The van der Waals surface area contributed by atoms with Gasteiger partial charge in [-0.15, -0.1) is 0 Å². The lowest BCUT2D eigenvalue weighted by atomic mass is 9.91. The maximum absolute atomic E-state index is 6.21. The molecule has 0 unspecified atom stereocenters. The van der Waals surface area contributed by atoms with E-state index in [0.717, 1.165) is 88.2 Å². The number of anilines is 1. The van der Waals surface area contributed by atoms with Gasteiger partial charge < -0.3 is 18.9 Å². The van der Waals surface area contributed by atoms with E-state index in [1.807, 2.05) is 12.1 Å². The summed E-state index contributed by atoms with van der Waals surface area (Å²) in [6.07, 6.45) is 2.42. The Balaban J connectivity index is 0.987. The van der Waals surface area contributed by atoms with Crippen LogP contribution in [-0.2, 0) is 11.3 Å². The Hall–Kier alpha value is -2.61. The van der Waals surface area contributed by atoms with Gasteiger partial charge in [-0.3, -0.25) is 9.80 Å². The molecule has 0 aliphatic carbocycles. The molecule has 0 bridgehead atoms. The van der Waals surface area contributed by atoms with Gasteiger partial charge in [0.05, 0.1) is 25.2 Å². The van der Waals surface area contributed by atoms with Crippen LogP contribution in [0.25, 0.3) is 11.0 Å². The third kappa shape index (κ3) is 4.78. The third-order valence-electron chi connectivity index (χ3n) is 7.58. The molecule has 0 spiro atoms. The van der Waals surface area contributed by atoms with E-state index in [-0.39, 0.29) is 0 Å². The van der Waals surface area contributed by atoms with E-state index >= 15 is 0 Å². The molecule has 0 radical (unpaired) electrons. The Morgan fingerprint density at radius 3 is 2.65 bits per heavy atom. The molecule has 3 aromatic rings. The van der Waals surface area contributed by atoms with Crippen LogP contribution in [0.1, 0.15) is 18.4 Å². The fourth-order valence-electron chi connectivity index (χ4n) is 5.61. The predicted molar refractivity (Wildman–Crippen MR) is 132 cm³/mol. The molecule has 7 nitrogen and oxygen atoms in total. The van der Waals surface area contributed by atoms with Gasteiger partial charge in [-0.2, -0.15) is 0 Å². The second-order valence-corrected chi connectivity index (χ2v) is 9.88. The first-order valence-corrected chi connectivity index (χ1v) is 12.7. The van der Waals surface area contributed by atoms with Crippen molar-refractivity contribution in [2.24, 2.45) is 5.92 Å². The second kappa shape index (κ2) is 9.94. The first kappa shape index (κ1) is 21.9. The number of benzene rings is 2. The zero-order valence-electron chi connectivity index (χ0n) is 19.8. The number of para-hydroxylation sites is 1. The molecule has 3 aliphatic heterocycles. The zero-order chi connectivity index (χ0) is 22.7. The molecule has 7 heteroatoms. The van der Waals surface area contributed by atoms with Crippen LogP contribution in [0.15, 0.2) is 53.1 Å². The highest BCUT2D eigenvalue weighted by Crippen LogP contribution is 2.31. The van der Waals surface area contributed by atoms with Crippen LogP contribution in [0, 0.1) is 5.92 Å². The van der Waals surface area contributed by atoms with Crippen molar-refractivity contribution < 1.29 is 14.0 Å². The largest absolute Gasteiger partial charge is 0.493 e. The summed E-state index contributed by atoms with van der Waals surface area (Å²) in [5.74, 6) is 2.57. The van der Waals surface area contributed by atoms with Crippen LogP contribution in [0.5, 0.6) is 5.75 Å². The standard InChI is InChI=1S/C27H34N4O3/c1-2-4-26-25(3-1)27(28-34-26)31-12-11-30-18-22(5-8-23(30)19-31)20-33-24-9-6-21(7-10-24)17-29-13-15-32-16-14-29/h1-4,6-7,9-10,22-23H,5,8,11-20H2/t22-,23-/m0/s1. The van der Waals surface area contributed by atoms with Gasteiger partial charge in [-0.1, -0.05) is 29.4 Å². The minimum Gasteiger partial charge on any atom is -0.493 e. The summed E-state index contributed by atoms with van der Waals surface area (Å²) in [6, 6.07) is 17.4. The van der Waals surface area contributed by atoms with Crippen LogP contribution in [0.3, 0.4) is 0 Å². The van der Waals surface area contributed by atoms with E-state index in [1.54, 1.807) is 0 Å². The Bertz CT molecular complexity index is 1080. The fraction of sp³-hybridized carbons (Fsp3) is 0.519. The van der Waals surface area contributed by atoms with Gasteiger partial charge in [-0.05, 0) is 42.7 Å². The molecule has 34 heavy (non-hydrogen) atoms. The van der Waals surface area contributed by atoms with Crippen molar-refractivity contribution in [3.63, 3.8) is 0 Å². The first-order valence-electron chi connectivity index (χ1n) is 12.7. The van der Waals surface area contributed by atoms with E-state index in [2.05, 4.69) is 56.3 Å². The zero-order valence-corrected chi connectivity index (χ0v) is 19.8. The van der Waals surface area contributed by atoms with Crippen molar-refractivity contribution >= 4 is 16.8 Å². The van der Waals surface area contributed by atoms with E-state index in [9.17, 15) is 0 Å².